The lowest BCUT2D eigenvalue weighted by molar-refractivity contribution is -0.145. The van der Waals surface area contributed by atoms with E-state index in [4.69, 9.17) is 0 Å². The molecule has 2 aromatic carbocycles. The lowest BCUT2D eigenvalue weighted by Crippen LogP contribution is -2.30. The van der Waals surface area contributed by atoms with Crippen LogP contribution in [0.25, 0.3) is 0 Å². The minimum atomic E-state index is -0.899. The Morgan fingerprint density at radius 2 is 1.83 bits per heavy atom. The zero-order chi connectivity index (χ0) is 17.7. The van der Waals surface area contributed by atoms with Crippen LogP contribution >= 0.6 is 0 Å². The molecule has 0 spiro atoms. The van der Waals surface area contributed by atoms with Crippen molar-refractivity contribution in [2.75, 3.05) is 5.32 Å². The molecule has 0 aliphatic heterocycles. The molecule has 2 N–H and O–H groups in total. The lowest BCUT2D eigenvalue weighted by atomic mass is 9.77. The van der Waals surface area contributed by atoms with Gasteiger partial charge in [-0.05, 0) is 41.2 Å². The molecule has 0 aromatic heterocycles. The number of hydrogen-bond donors (Lipinski definition) is 2. The topological polar surface area (TPSA) is 49.3 Å². The average molecular weight is 329 g/mol. The summed E-state index contributed by atoms with van der Waals surface area (Å²) in [4.78, 5) is 11.5. The number of rotatable bonds is 6. The highest BCUT2D eigenvalue weighted by molar-refractivity contribution is 5.71. The van der Waals surface area contributed by atoms with E-state index in [1.54, 1.807) is 12.1 Å². The normalized spacial score (nSPS) is 12.7. The van der Waals surface area contributed by atoms with E-state index >= 15 is 0 Å². The van der Waals surface area contributed by atoms with Gasteiger partial charge in [0.25, 0.3) is 0 Å². The third kappa shape index (κ3) is 4.82. The molecule has 0 saturated heterocycles. The molecule has 0 radical (unpaired) electrons. The first-order chi connectivity index (χ1) is 11.3. The molecule has 0 aliphatic carbocycles. The van der Waals surface area contributed by atoms with Crippen LogP contribution in [0.4, 0.5) is 10.1 Å². The second-order valence-electron chi connectivity index (χ2n) is 7.11. The maximum Gasteiger partial charge on any atom is 0.307 e. The van der Waals surface area contributed by atoms with Crippen LogP contribution in [-0.2, 0) is 17.8 Å². The van der Waals surface area contributed by atoms with Crippen LogP contribution < -0.4 is 5.32 Å². The quantitative estimate of drug-likeness (QED) is 0.805. The SMILES string of the molecule is CC(C)(C)C(Cc1cc(NCc2ccccc2)ccc1F)C(=O)O. The van der Waals surface area contributed by atoms with Gasteiger partial charge in [-0.1, -0.05) is 51.1 Å². The summed E-state index contributed by atoms with van der Waals surface area (Å²) in [6.45, 7) is 6.22. The molecule has 1 atom stereocenters. The number of benzene rings is 2. The van der Waals surface area contributed by atoms with Crippen LogP contribution in [0.5, 0.6) is 0 Å². The molecule has 0 bridgehead atoms. The van der Waals surface area contributed by atoms with Crippen molar-refractivity contribution in [2.45, 2.75) is 33.7 Å². The number of carboxylic acids is 1. The van der Waals surface area contributed by atoms with Crippen LogP contribution in [0, 0.1) is 17.2 Å². The van der Waals surface area contributed by atoms with E-state index in [1.165, 1.54) is 6.07 Å². The van der Waals surface area contributed by atoms with Crippen LogP contribution in [0.2, 0.25) is 0 Å². The Morgan fingerprint density at radius 3 is 2.42 bits per heavy atom. The Hall–Kier alpha value is -2.36. The fourth-order valence-electron chi connectivity index (χ4n) is 2.62. The molecular formula is C20H24FNO2. The van der Waals surface area contributed by atoms with Gasteiger partial charge >= 0.3 is 5.97 Å². The summed E-state index contributed by atoms with van der Waals surface area (Å²) in [5, 5.41) is 12.7. The van der Waals surface area contributed by atoms with Crippen molar-refractivity contribution in [3.05, 3.63) is 65.5 Å². The zero-order valence-corrected chi connectivity index (χ0v) is 14.3. The van der Waals surface area contributed by atoms with Gasteiger partial charge in [0, 0.05) is 12.2 Å². The van der Waals surface area contributed by atoms with Crippen molar-refractivity contribution in [1.29, 1.82) is 0 Å². The highest BCUT2D eigenvalue weighted by Gasteiger charge is 2.32. The average Bonchev–Trinajstić information content (AvgIpc) is 2.52. The maximum atomic E-state index is 14.1. The summed E-state index contributed by atoms with van der Waals surface area (Å²) >= 11 is 0. The van der Waals surface area contributed by atoms with Crippen molar-refractivity contribution in [3.63, 3.8) is 0 Å². The van der Waals surface area contributed by atoms with E-state index in [0.29, 0.717) is 12.1 Å². The Kier molecular flexibility index (Phi) is 5.60. The monoisotopic (exact) mass is 329 g/mol. The standard InChI is InChI=1S/C20H24FNO2/c1-20(2,3)17(19(23)24)12-15-11-16(9-10-18(15)21)22-13-14-7-5-4-6-8-14/h4-11,17,22H,12-13H2,1-3H3,(H,23,24). The van der Waals surface area contributed by atoms with E-state index in [0.717, 1.165) is 11.3 Å². The van der Waals surface area contributed by atoms with Gasteiger partial charge in [0.05, 0.1) is 5.92 Å². The molecule has 0 fully saturated rings. The minimum Gasteiger partial charge on any atom is -0.481 e. The van der Waals surface area contributed by atoms with Gasteiger partial charge < -0.3 is 10.4 Å². The third-order valence-corrected chi connectivity index (χ3v) is 4.15. The third-order valence-electron chi connectivity index (χ3n) is 4.15. The Labute approximate surface area is 142 Å². The Morgan fingerprint density at radius 1 is 1.17 bits per heavy atom. The van der Waals surface area contributed by atoms with Gasteiger partial charge in [-0.15, -0.1) is 0 Å². The Balaban J connectivity index is 2.14. The van der Waals surface area contributed by atoms with E-state index in [1.807, 2.05) is 51.1 Å². The predicted octanol–water partition coefficient (Wildman–Crippen LogP) is 4.73. The molecule has 128 valence electrons. The molecule has 2 rings (SSSR count). The summed E-state index contributed by atoms with van der Waals surface area (Å²) in [6, 6.07) is 14.7. The number of nitrogens with one attached hydrogen (secondary N) is 1. The molecule has 0 saturated carbocycles. The first-order valence-electron chi connectivity index (χ1n) is 8.06. The zero-order valence-electron chi connectivity index (χ0n) is 14.3. The molecule has 0 heterocycles. The van der Waals surface area contributed by atoms with Gasteiger partial charge in [0.15, 0.2) is 0 Å². The van der Waals surface area contributed by atoms with Gasteiger partial charge in [0.1, 0.15) is 5.82 Å². The summed E-state index contributed by atoms with van der Waals surface area (Å²) in [5.74, 6) is -1.91. The fraction of sp³-hybridized carbons (Fsp3) is 0.350. The van der Waals surface area contributed by atoms with Crippen molar-refractivity contribution in [2.24, 2.45) is 11.3 Å². The molecule has 2 aromatic rings. The molecule has 0 amide bonds. The van der Waals surface area contributed by atoms with Crippen molar-refractivity contribution >= 4 is 11.7 Å². The smallest absolute Gasteiger partial charge is 0.307 e. The molecule has 0 aliphatic rings. The van der Waals surface area contributed by atoms with Gasteiger partial charge in [-0.2, -0.15) is 0 Å². The predicted molar refractivity (Wildman–Crippen MR) is 94.5 cm³/mol. The second-order valence-corrected chi connectivity index (χ2v) is 7.11. The number of carbonyl (C=O) groups is 1. The molecule has 24 heavy (non-hydrogen) atoms. The number of halogens is 1. The van der Waals surface area contributed by atoms with E-state index in [2.05, 4.69) is 5.32 Å². The number of hydrogen-bond acceptors (Lipinski definition) is 2. The maximum absolute atomic E-state index is 14.1. The van der Waals surface area contributed by atoms with Gasteiger partial charge in [-0.3, -0.25) is 4.79 Å². The van der Waals surface area contributed by atoms with Crippen molar-refractivity contribution < 1.29 is 14.3 Å². The molecule has 4 heteroatoms. The van der Waals surface area contributed by atoms with E-state index in [9.17, 15) is 14.3 Å². The van der Waals surface area contributed by atoms with E-state index in [-0.39, 0.29) is 12.2 Å². The van der Waals surface area contributed by atoms with Gasteiger partial charge in [-0.25, -0.2) is 4.39 Å². The largest absolute Gasteiger partial charge is 0.481 e. The van der Waals surface area contributed by atoms with Crippen LogP contribution in [0.15, 0.2) is 48.5 Å². The number of aliphatic carboxylic acids is 1. The summed E-state index contributed by atoms with van der Waals surface area (Å²) in [6.07, 6.45) is 0.172. The van der Waals surface area contributed by atoms with Crippen molar-refractivity contribution in [3.8, 4) is 0 Å². The van der Waals surface area contributed by atoms with Crippen molar-refractivity contribution in [1.82, 2.24) is 0 Å². The summed E-state index contributed by atoms with van der Waals surface area (Å²) in [7, 11) is 0. The first-order valence-corrected chi connectivity index (χ1v) is 8.06. The van der Waals surface area contributed by atoms with Crippen LogP contribution in [0.3, 0.4) is 0 Å². The highest BCUT2D eigenvalue weighted by Crippen LogP contribution is 2.31. The molecular weight excluding hydrogens is 305 g/mol. The first kappa shape index (κ1) is 18.0. The molecule has 3 nitrogen and oxygen atoms in total. The van der Waals surface area contributed by atoms with E-state index < -0.39 is 17.3 Å². The second kappa shape index (κ2) is 7.47. The fourth-order valence-corrected chi connectivity index (χ4v) is 2.62. The van der Waals surface area contributed by atoms with Gasteiger partial charge in [0.2, 0.25) is 0 Å². The Bertz CT molecular complexity index is 693. The summed E-state index contributed by atoms with van der Waals surface area (Å²) < 4.78 is 14.1. The van der Waals surface area contributed by atoms with Crippen LogP contribution in [0.1, 0.15) is 31.9 Å². The highest BCUT2D eigenvalue weighted by atomic mass is 19.1. The minimum absolute atomic E-state index is 0.172. The molecule has 1 unspecified atom stereocenters. The number of anilines is 1. The number of carboxylic acid groups (broad SMARTS) is 1. The van der Waals surface area contributed by atoms with Crippen LogP contribution in [-0.4, -0.2) is 11.1 Å². The lowest BCUT2D eigenvalue weighted by Gasteiger charge is -2.27. The summed E-state index contributed by atoms with van der Waals surface area (Å²) in [5.41, 5.74) is 1.90.